The summed E-state index contributed by atoms with van der Waals surface area (Å²) in [6, 6.07) is -0.918. The van der Waals surface area contributed by atoms with Gasteiger partial charge in [0.2, 0.25) is 5.91 Å². The molecule has 1 aromatic rings. The maximum Gasteiger partial charge on any atom is 0.352 e. The van der Waals surface area contributed by atoms with Crippen molar-refractivity contribution >= 4 is 41.2 Å². The van der Waals surface area contributed by atoms with E-state index in [9.17, 15) is 34.4 Å². The molecule has 2 aliphatic heterocycles. The number of fused-ring (bicyclic) bond motifs is 1. The highest BCUT2D eigenvalue weighted by Crippen LogP contribution is 2.40. The van der Waals surface area contributed by atoms with Crippen LogP contribution in [0.25, 0.3) is 0 Å². The fourth-order valence-corrected chi connectivity index (χ4v) is 4.55. The smallest absolute Gasteiger partial charge is 0.352 e. The molecule has 0 bridgehead atoms. The van der Waals surface area contributed by atoms with Crippen LogP contribution in [0.1, 0.15) is 13.3 Å². The number of amides is 2. The maximum absolute atomic E-state index is 12.5. The predicted molar refractivity (Wildman–Crippen MR) is 106 cm³/mol. The number of carboxylic acids is 1. The molecule has 0 radical (unpaired) electrons. The number of ether oxygens (including phenoxy) is 2. The highest BCUT2D eigenvalue weighted by atomic mass is 32.2. The number of aromatic nitrogens is 2. The molecular formula is C17H19N5O9S. The molecule has 14 nitrogen and oxygen atoms in total. The first kappa shape index (κ1) is 23.1. The zero-order valence-corrected chi connectivity index (χ0v) is 17.8. The number of carbonyl (C=O) groups excluding carboxylic acids is 3. The Morgan fingerprint density at radius 2 is 2.16 bits per heavy atom. The fourth-order valence-electron chi connectivity index (χ4n) is 3.22. The van der Waals surface area contributed by atoms with Gasteiger partial charge in [0.25, 0.3) is 5.91 Å². The Bertz CT molecular complexity index is 1020. The molecule has 1 fully saturated rings. The number of hydrogen-bond donors (Lipinski definition) is 2. The Hall–Kier alpha value is -3.62. The van der Waals surface area contributed by atoms with Crippen molar-refractivity contribution in [2.45, 2.75) is 31.3 Å². The van der Waals surface area contributed by atoms with Gasteiger partial charge < -0.3 is 19.9 Å². The molecule has 0 saturated carbocycles. The van der Waals surface area contributed by atoms with Gasteiger partial charge in [0.05, 0.1) is 18.6 Å². The molecular weight excluding hydrogens is 450 g/mol. The van der Waals surface area contributed by atoms with Gasteiger partial charge in [-0.25, -0.2) is 4.79 Å². The zero-order chi connectivity index (χ0) is 23.6. The standard InChI is InChI=1S/C17H19N5O9S/c1-8(23)31-6-9-7-32-16-12(15(25)21(16)13(9)17(26)27)18-11(24)3-4-20-5-10(22(28)29)14(19-20)30-2/h5,12,16H,3-4,6-7H2,1-2H3,(H,18,24)(H,26,27)/t12-,16+/m1/s1. The highest BCUT2D eigenvalue weighted by molar-refractivity contribution is 8.00. The van der Waals surface area contributed by atoms with Crippen molar-refractivity contribution in [2.24, 2.45) is 0 Å². The second-order valence-electron chi connectivity index (χ2n) is 6.79. The molecule has 0 spiro atoms. The lowest BCUT2D eigenvalue weighted by Crippen LogP contribution is -2.70. The van der Waals surface area contributed by atoms with Gasteiger partial charge in [0.1, 0.15) is 29.9 Å². The number of methoxy groups -OCH3 is 1. The Balaban J connectivity index is 1.61. The third-order valence-electron chi connectivity index (χ3n) is 4.68. The van der Waals surface area contributed by atoms with Crippen LogP contribution >= 0.6 is 11.8 Å². The quantitative estimate of drug-likeness (QED) is 0.205. The van der Waals surface area contributed by atoms with Crippen LogP contribution in [0.3, 0.4) is 0 Å². The van der Waals surface area contributed by atoms with Crippen LogP contribution in [0.5, 0.6) is 5.88 Å². The minimum Gasteiger partial charge on any atom is -0.477 e. The van der Waals surface area contributed by atoms with Gasteiger partial charge in [-0.3, -0.25) is 34.1 Å². The predicted octanol–water partition coefficient (Wildman–Crippen LogP) is -0.508. The number of aryl methyl sites for hydroxylation is 1. The summed E-state index contributed by atoms with van der Waals surface area (Å²) in [6.07, 6.45) is 1.01. The summed E-state index contributed by atoms with van der Waals surface area (Å²) in [7, 11) is 1.24. The summed E-state index contributed by atoms with van der Waals surface area (Å²) in [5, 5.41) is 26.3. The van der Waals surface area contributed by atoms with Gasteiger partial charge in [-0.15, -0.1) is 16.9 Å². The molecule has 2 aliphatic rings. The summed E-state index contributed by atoms with van der Waals surface area (Å²) in [5.74, 6) is -2.97. The monoisotopic (exact) mass is 469 g/mol. The number of esters is 1. The average Bonchev–Trinajstić information content (AvgIpc) is 3.17. The van der Waals surface area contributed by atoms with Crippen molar-refractivity contribution in [3.63, 3.8) is 0 Å². The number of rotatable bonds is 9. The van der Waals surface area contributed by atoms with Crippen molar-refractivity contribution in [3.05, 3.63) is 27.6 Å². The number of nitrogens with one attached hydrogen (secondary N) is 1. The second-order valence-corrected chi connectivity index (χ2v) is 7.89. The van der Waals surface area contributed by atoms with E-state index in [1.165, 1.54) is 30.5 Å². The average molecular weight is 469 g/mol. The first-order chi connectivity index (χ1) is 15.1. The molecule has 0 aromatic carbocycles. The van der Waals surface area contributed by atoms with Crippen LogP contribution in [0.2, 0.25) is 0 Å². The number of aliphatic carboxylic acids is 1. The minimum atomic E-state index is -1.33. The molecule has 2 atom stereocenters. The van der Waals surface area contributed by atoms with E-state index < -0.39 is 40.1 Å². The van der Waals surface area contributed by atoms with Crippen LogP contribution in [0.15, 0.2) is 17.5 Å². The summed E-state index contributed by atoms with van der Waals surface area (Å²) >= 11 is 1.24. The number of carbonyl (C=O) groups is 4. The molecule has 1 saturated heterocycles. The molecule has 3 heterocycles. The third kappa shape index (κ3) is 4.51. The molecule has 0 unspecified atom stereocenters. The normalized spacial score (nSPS) is 19.7. The van der Waals surface area contributed by atoms with Gasteiger partial charge >= 0.3 is 23.5 Å². The lowest BCUT2D eigenvalue weighted by atomic mass is 10.0. The van der Waals surface area contributed by atoms with Crippen molar-refractivity contribution < 1.29 is 38.7 Å². The van der Waals surface area contributed by atoms with E-state index in [4.69, 9.17) is 9.47 Å². The third-order valence-corrected chi connectivity index (χ3v) is 6.02. The van der Waals surface area contributed by atoms with Gasteiger partial charge in [0, 0.05) is 24.7 Å². The Kier molecular flexibility index (Phi) is 6.67. The van der Waals surface area contributed by atoms with Crippen LogP contribution < -0.4 is 10.1 Å². The van der Waals surface area contributed by atoms with Crippen LogP contribution in [-0.4, -0.2) is 79.3 Å². The van der Waals surface area contributed by atoms with Gasteiger partial charge in [-0.05, 0) is 0 Å². The molecule has 0 aliphatic carbocycles. The summed E-state index contributed by atoms with van der Waals surface area (Å²) in [5.41, 5.74) is -0.295. The van der Waals surface area contributed by atoms with Crippen LogP contribution in [-0.2, 0) is 30.5 Å². The fraction of sp³-hybridized carbons (Fsp3) is 0.471. The topological polar surface area (TPSA) is 183 Å². The lowest BCUT2D eigenvalue weighted by Gasteiger charge is -2.49. The minimum absolute atomic E-state index is 0.00524. The molecule has 3 rings (SSSR count). The van der Waals surface area contributed by atoms with Crippen LogP contribution in [0, 0.1) is 10.1 Å². The van der Waals surface area contributed by atoms with E-state index in [0.29, 0.717) is 5.57 Å². The second kappa shape index (κ2) is 9.25. The lowest BCUT2D eigenvalue weighted by molar-refractivity contribution is -0.385. The van der Waals surface area contributed by atoms with E-state index in [2.05, 4.69) is 10.4 Å². The van der Waals surface area contributed by atoms with Crippen molar-refractivity contribution in [3.8, 4) is 5.88 Å². The number of nitro groups is 1. The van der Waals surface area contributed by atoms with E-state index in [-0.39, 0.29) is 42.6 Å². The number of β-lactam (4-membered cyclic amide) rings is 1. The maximum atomic E-state index is 12.5. The summed E-state index contributed by atoms with van der Waals surface area (Å²) in [4.78, 5) is 58.9. The Morgan fingerprint density at radius 1 is 1.44 bits per heavy atom. The molecule has 172 valence electrons. The largest absolute Gasteiger partial charge is 0.477 e. The summed E-state index contributed by atoms with van der Waals surface area (Å²) < 4.78 is 10.9. The van der Waals surface area contributed by atoms with Gasteiger partial charge in [-0.2, -0.15) is 0 Å². The van der Waals surface area contributed by atoms with Crippen molar-refractivity contribution in [2.75, 3.05) is 19.5 Å². The molecule has 15 heteroatoms. The Morgan fingerprint density at radius 3 is 2.72 bits per heavy atom. The first-order valence-corrected chi connectivity index (χ1v) is 10.3. The number of carboxylic acid groups (broad SMARTS) is 1. The zero-order valence-electron chi connectivity index (χ0n) is 17.0. The molecule has 2 amide bonds. The van der Waals surface area contributed by atoms with E-state index in [1.54, 1.807) is 0 Å². The van der Waals surface area contributed by atoms with Gasteiger partial charge in [0.15, 0.2) is 0 Å². The van der Waals surface area contributed by atoms with Gasteiger partial charge in [-0.1, -0.05) is 0 Å². The first-order valence-electron chi connectivity index (χ1n) is 9.22. The summed E-state index contributed by atoms with van der Waals surface area (Å²) in [6.45, 7) is 0.958. The van der Waals surface area contributed by atoms with Crippen molar-refractivity contribution in [1.29, 1.82) is 0 Å². The van der Waals surface area contributed by atoms with Crippen molar-refractivity contribution in [1.82, 2.24) is 20.0 Å². The molecule has 32 heavy (non-hydrogen) atoms. The number of thioether (sulfide) groups is 1. The van der Waals surface area contributed by atoms with Crippen LogP contribution in [0.4, 0.5) is 5.69 Å². The highest BCUT2D eigenvalue weighted by Gasteiger charge is 2.54. The Labute approximate surface area is 184 Å². The van der Waals surface area contributed by atoms with E-state index >= 15 is 0 Å². The molecule has 2 N–H and O–H groups in total. The van der Waals surface area contributed by atoms with E-state index in [0.717, 1.165) is 11.1 Å². The van der Waals surface area contributed by atoms with E-state index in [1.807, 2.05) is 0 Å². The number of hydrogen-bond acceptors (Lipinski definition) is 10. The SMILES string of the molecule is COc1nn(CCC(=O)N[C@@H]2C(=O)N3C(C(=O)O)=C(COC(C)=O)CS[C@@H]23)cc1[N+](=O)[O-]. The number of nitrogens with zero attached hydrogens (tertiary/aromatic N) is 4. The molecule has 1 aromatic heterocycles.